The summed E-state index contributed by atoms with van der Waals surface area (Å²) in [5.41, 5.74) is 0. The first kappa shape index (κ1) is 22.7. The quantitative estimate of drug-likeness (QED) is 0.270. The van der Waals surface area contributed by atoms with Crippen molar-refractivity contribution < 1.29 is 9.53 Å². The molecule has 0 saturated carbocycles. The van der Waals surface area contributed by atoms with Gasteiger partial charge in [0, 0.05) is 52.5 Å². The van der Waals surface area contributed by atoms with Crippen molar-refractivity contribution in [3.63, 3.8) is 0 Å². The van der Waals surface area contributed by atoms with Crippen LogP contribution in [-0.2, 0) is 4.79 Å². The molecule has 2 fully saturated rings. The van der Waals surface area contributed by atoms with Crippen molar-refractivity contribution in [2.45, 2.75) is 12.8 Å². The van der Waals surface area contributed by atoms with E-state index in [2.05, 4.69) is 25.1 Å². The summed E-state index contributed by atoms with van der Waals surface area (Å²) in [6, 6.07) is 3.75. The third-order valence-electron chi connectivity index (χ3n) is 4.99. The first-order valence-corrected chi connectivity index (χ1v) is 9.75. The van der Waals surface area contributed by atoms with Gasteiger partial charge in [-0.1, -0.05) is 0 Å². The predicted octanol–water partition coefficient (Wildman–Crippen LogP) is 0.894. The predicted molar refractivity (Wildman–Crippen MR) is 120 cm³/mol. The van der Waals surface area contributed by atoms with E-state index < -0.39 is 0 Å². The molecule has 1 aromatic rings. The largest absolute Gasteiger partial charge is 0.490 e. The van der Waals surface area contributed by atoms with Crippen LogP contribution in [0.3, 0.4) is 0 Å². The van der Waals surface area contributed by atoms with Crippen LogP contribution >= 0.6 is 24.0 Å². The number of ether oxygens (including phenoxy) is 1. The fourth-order valence-corrected chi connectivity index (χ4v) is 3.47. The Bertz CT molecular complexity index is 616. The normalized spacial score (nSPS) is 18.0. The number of aliphatic imine (C=N–C) groups is 1. The highest BCUT2D eigenvalue weighted by molar-refractivity contribution is 14.0. The van der Waals surface area contributed by atoms with Crippen molar-refractivity contribution in [2.75, 3.05) is 66.0 Å². The Labute approximate surface area is 184 Å². The minimum absolute atomic E-state index is 0. The molecule has 2 saturated heterocycles. The minimum Gasteiger partial charge on any atom is -0.490 e. The van der Waals surface area contributed by atoms with Crippen LogP contribution in [0.2, 0.25) is 0 Å². The highest BCUT2D eigenvalue weighted by Gasteiger charge is 2.24. The molecule has 156 valence electrons. The monoisotopic (exact) mass is 502 g/mol. The van der Waals surface area contributed by atoms with Gasteiger partial charge in [0.05, 0.1) is 19.3 Å². The van der Waals surface area contributed by atoms with E-state index in [9.17, 15) is 4.79 Å². The summed E-state index contributed by atoms with van der Waals surface area (Å²) >= 11 is 0. The van der Waals surface area contributed by atoms with Gasteiger partial charge in [0.15, 0.2) is 5.96 Å². The smallest absolute Gasteiger partial charge is 0.236 e. The molecule has 2 aliphatic heterocycles. The summed E-state index contributed by atoms with van der Waals surface area (Å²) in [7, 11) is 1.80. The van der Waals surface area contributed by atoms with E-state index in [1.165, 1.54) is 0 Å². The van der Waals surface area contributed by atoms with Crippen molar-refractivity contribution in [1.82, 2.24) is 25.0 Å². The maximum Gasteiger partial charge on any atom is 0.236 e. The Balaban J connectivity index is 0.00000280. The Morgan fingerprint density at radius 3 is 2.57 bits per heavy atom. The molecular weight excluding hydrogens is 471 g/mol. The third kappa shape index (κ3) is 6.77. The Kier molecular flexibility index (Phi) is 9.76. The third-order valence-corrected chi connectivity index (χ3v) is 4.99. The van der Waals surface area contributed by atoms with Crippen LogP contribution in [0.4, 0.5) is 0 Å². The van der Waals surface area contributed by atoms with E-state index in [-0.39, 0.29) is 29.9 Å². The van der Waals surface area contributed by atoms with Crippen LogP contribution in [0.25, 0.3) is 0 Å². The average molecular weight is 502 g/mol. The Morgan fingerprint density at radius 1 is 1.18 bits per heavy atom. The van der Waals surface area contributed by atoms with Crippen LogP contribution in [0, 0.1) is 0 Å². The van der Waals surface area contributed by atoms with E-state index in [1.54, 1.807) is 19.4 Å². The molecule has 1 amide bonds. The van der Waals surface area contributed by atoms with Crippen molar-refractivity contribution in [2.24, 2.45) is 4.99 Å². The first-order valence-electron chi connectivity index (χ1n) is 9.75. The van der Waals surface area contributed by atoms with Gasteiger partial charge in [0.2, 0.25) is 5.91 Å². The molecule has 3 rings (SSSR count). The zero-order chi connectivity index (χ0) is 18.9. The van der Waals surface area contributed by atoms with Gasteiger partial charge in [0.1, 0.15) is 12.4 Å². The topological polar surface area (TPSA) is 73.3 Å². The molecule has 0 bridgehead atoms. The van der Waals surface area contributed by atoms with Crippen molar-refractivity contribution in [1.29, 1.82) is 0 Å². The molecule has 0 unspecified atom stereocenters. The summed E-state index contributed by atoms with van der Waals surface area (Å²) in [6.45, 7) is 7.13. The number of carbonyl (C=O) groups excluding carboxylic acids is 1. The van der Waals surface area contributed by atoms with Gasteiger partial charge < -0.3 is 19.9 Å². The molecule has 1 aromatic heterocycles. The maximum absolute atomic E-state index is 12.3. The second-order valence-corrected chi connectivity index (χ2v) is 6.86. The van der Waals surface area contributed by atoms with Crippen molar-refractivity contribution in [3.05, 3.63) is 24.5 Å². The molecule has 0 radical (unpaired) electrons. The Morgan fingerprint density at radius 2 is 1.93 bits per heavy atom. The van der Waals surface area contributed by atoms with Crippen LogP contribution in [0.15, 0.2) is 29.5 Å². The lowest BCUT2D eigenvalue weighted by atomic mass is 10.3. The molecule has 0 atom stereocenters. The summed E-state index contributed by atoms with van der Waals surface area (Å²) < 4.78 is 5.65. The standard InChI is InChI=1S/C19H30N6O2.HI/c1-20-19(22-7-14-27-17-5-4-6-21-15-17)25-12-10-23(11-13-25)16-18(26)24-8-2-3-9-24;/h4-6,15H,2-3,7-14,16H2,1H3,(H,20,22);1H. The van der Waals surface area contributed by atoms with Crippen LogP contribution in [0.1, 0.15) is 12.8 Å². The van der Waals surface area contributed by atoms with Crippen LogP contribution in [-0.4, -0.2) is 97.6 Å². The van der Waals surface area contributed by atoms with E-state index >= 15 is 0 Å². The number of carbonyl (C=O) groups is 1. The second kappa shape index (κ2) is 12.1. The van der Waals surface area contributed by atoms with E-state index in [0.29, 0.717) is 19.7 Å². The van der Waals surface area contributed by atoms with Crippen molar-refractivity contribution >= 4 is 35.8 Å². The fourth-order valence-electron chi connectivity index (χ4n) is 3.47. The number of guanidine groups is 1. The zero-order valence-electron chi connectivity index (χ0n) is 16.5. The summed E-state index contributed by atoms with van der Waals surface area (Å²) in [5, 5.41) is 3.35. The number of hydrogen-bond donors (Lipinski definition) is 1. The molecule has 1 N–H and O–H groups in total. The molecular formula is C19H31IN6O2. The number of aromatic nitrogens is 1. The lowest BCUT2D eigenvalue weighted by molar-refractivity contribution is -0.131. The van der Waals surface area contributed by atoms with E-state index in [1.807, 2.05) is 17.0 Å². The lowest BCUT2D eigenvalue weighted by Gasteiger charge is -2.36. The maximum atomic E-state index is 12.3. The molecule has 2 aliphatic rings. The molecule has 0 spiro atoms. The number of hydrogen-bond acceptors (Lipinski definition) is 5. The van der Waals surface area contributed by atoms with Gasteiger partial charge in [-0.15, -0.1) is 24.0 Å². The van der Waals surface area contributed by atoms with Gasteiger partial charge in [-0.2, -0.15) is 0 Å². The van der Waals surface area contributed by atoms with Gasteiger partial charge in [-0.3, -0.25) is 19.7 Å². The molecule has 8 nitrogen and oxygen atoms in total. The number of amides is 1. The highest BCUT2D eigenvalue weighted by Crippen LogP contribution is 2.09. The summed E-state index contributed by atoms with van der Waals surface area (Å²) in [5.74, 6) is 1.93. The van der Waals surface area contributed by atoms with Crippen LogP contribution < -0.4 is 10.1 Å². The SMILES string of the molecule is CN=C(NCCOc1cccnc1)N1CCN(CC(=O)N2CCCC2)CC1.I. The van der Waals surface area contributed by atoms with Crippen molar-refractivity contribution in [3.8, 4) is 5.75 Å². The number of likely N-dealkylation sites (tertiary alicyclic amines) is 1. The van der Waals surface area contributed by atoms with E-state index in [4.69, 9.17) is 4.74 Å². The number of piperazine rings is 1. The summed E-state index contributed by atoms with van der Waals surface area (Å²) in [6.07, 6.45) is 5.72. The molecule has 28 heavy (non-hydrogen) atoms. The van der Waals surface area contributed by atoms with Gasteiger partial charge in [-0.25, -0.2) is 0 Å². The summed E-state index contributed by atoms with van der Waals surface area (Å²) in [4.78, 5) is 27.2. The fraction of sp³-hybridized carbons (Fsp3) is 0.632. The zero-order valence-corrected chi connectivity index (χ0v) is 18.9. The average Bonchev–Trinajstić information content (AvgIpc) is 3.25. The first-order chi connectivity index (χ1) is 13.3. The molecule has 0 aliphatic carbocycles. The van der Waals surface area contributed by atoms with E-state index in [0.717, 1.165) is 63.8 Å². The number of nitrogens with one attached hydrogen (secondary N) is 1. The number of halogens is 1. The highest BCUT2D eigenvalue weighted by atomic mass is 127. The van der Waals surface area contributed by atoms with Gasteiger partial charge in [-0.05, 0) is 25.0 Å². The number of nitrogens with zero attached hydrogens (tertiary/aromatic N) is 5. The molecule has 3 heterocycles. The second-order valence-electron chi connectivity index (χ2n) is 6.86. The van der Waals surface area contributed by atoms with Gasteiger partial charge in [0.25, 0.3) is 0 Å². The number of rotatable bonds is 6. The molecule has 0 aromatic carbocycles. The number of pyridine rings is 1. The minimum atomic E-state index is 0. The van der Waals surface area contributed by atoms with Gasteiger partial charge >= 0.3 is 0 Å². The molecule has 9 heteroatoms. The Hall–Kier alpha value is -1.62. The van der Waals surface area contributed by atoms with Crippen LogP contribution in [0.5, 0.6) is 5.75 Å². The lowest BCUT2D eigenvalue weighted by Crippen LogP contribution is -2.54.